The van der Waals surface area contributed by atoms with Gasteiger partial charge >= 0.3 is 6.09 Å². The molecule has 15 heavy (non-hydrogen) atoms. The first-order valence-corrected chi connectivity index (χ1v) is 5.38. The Labute approximate surface area is 88.4 Å². The number of amides is 1. The summed E-state index contributed by atoms with van der Waals surface area (Å²) in [7, 11) is 0. The SMILES string of the molecule is O=C1NC(c2ccc3c(c2)CCC3)CO1. The number of rotatable bonds is 1. The molecule has 1 amide bonds. The topological polar surface area (TPSA) is 38.3 Å². The Bertz CT molecular complexity index is 414. The minimum Gasteiger partial charge on any atom is -0.447 e. The van der Waals surface area contributed by atoms with Crippen LogP contribution >= 0.6 is 0 Å². The van der Waals surface area contributed by atoms with E-state index >= 15 is 0 Å². The molecule has 3 nitrogen and oxygen atoms in total. The van der Waals surface area contributed by atoms with Gasteiger partial charge in [-0.1, -0.05) is 18.2 Å². The largest absolute Gasteiger partial charge is 0.447 e. The fourth-order valence-corrected chi connectivity index (χ4v) is 2.37. The van der Waals surface area contributed by atoms with Crippen LogP contribution in [0.4, 0.5) is 4.79 Å². The minimum atomic E-state index is -0.305. The van der Waals surface area contributed by atoms with Gasteiger partial charge in [0.15, 0.2) is 0 Å². The normalized spacial score (nSPS) is 23.5. The monoisotopic (exact) mass is 203 g/mol. The zero-order valence-corrected chi connectivity index (χ0v) is 8.45. The quantitative estimate of drug-likeness (QED) is 0.757. The third kappa shape index (κ3) is 1.48. The van der Waals surface area contributed by atoms with Crippen LogP contribution in [0.1, 0.15) is 29.2 Å². The average molecular weight is 203 g/mol. The smallest absolute Gasteiger partial charge is 0.407 e. The van der Waals surface area contributed by atoms with Crippen LogP contribution in [0.15, 0.2) is 18.2 Å². The van der Waals surface area contributed by atoms with E-state index in [1.54, 1.807) is 0 Å². The number of alkyl carbamates (subject to hydrolysis) is 1. The third-order valence-electron chi connectivity index (χ3n) is 3.20. The summed E-state index contributed by atoms with van der Waals surface area (Å²) < 4.78 is 4.89. The Morgan fingerprint density at radius 1 is 1.27 bits per heavy atom. The van der Waals surface area contributed by atoms with Crippen molar-refractivity contribution in [1.29, 1.82) is 0 Å². The summed E-state index contributed by atoms with van der Waals surface area (Å²) in [5, 5.41) is 2.80. The lowest BCUT2D eigenvalue weighted by Crippen LogP contribution is -2.18. The van der Waals surface area contributed by atoms with Crippen LogP contribution in [0.5, 0.6) is 0 Å². The van der Waals surface area contributed by atoms with E-state index in [-0.39, 0.29) is 12.1 Å². The van der Waals surface area contributed by atoms with Crippen LogP contribution in [-0.4, -0.2) is 12.7 Å². The first kappa shape index (κ1) is 8.77. The van der Waals surface area contributed by atoms with Crippen LogP contribution in [0, 0.1) is 0 Å². The van der Waals surface area contributed by atoms with E-state index in [1.807, 2.05) is 0 Å². The van der Waals surface area contributed by atoms with Crippen LogP contribution in [0.3, 0.4) is 0 Å². The summed E-state index contributed by atoms with van der Waals surface area (Å²) in [6, 6.07) is 6.54. The maximum atomic E-state index is 10.9. The second kappa shape index (κ2) is 3.26. The summed E-state index contributed by atoms with van der Waals surface area (Å²) in [6.45, 7) is 0.456. The number of fused-ring (bicyclic) bond motifs is 1. The molecule has 1 heterocycles. The van der Waals surface area contributed by atoms with Crippen molar-refractivity contribution in [2.75, 3.05) is 6.61 Å². The van der Waals surface area contributed by atoms with Crippen molar-refractivity contribution in [3.05, 3.63) is 34.9 Å². The number of carbonyl (C=O) groups excluding carboxylic acids is 1. The fraction of sp³-hybridized carbons (Fsp3) is 0.417. The molecule has 1 unspecified atom stereocenters. The third-order valence-corrected chi connectivity index (χ3v) is 3.20. The number of benzene rings is 1. The van der Waals surface area contributed by atoms with Crippen molar-refractivity contribution in [1.82, 2.24) is 5.32 Å². The predicted molar refractivity (Wildman–Crippen MR) is 55.7 cm³/mol. The van der Waals surface area contributed by atoms with Gasteiger partial charge in [-0.2, -0.15) is 0 Å². The van der Waals surface area contributed by atoms with E-state index in [0.717, 1.165) is 0 Å². The van der Waals surface area contributed by atoms with E-state index in [9.17, 15) is 4.79 Å². The van der Waals surface area contributed by atoms with Gasteiger partial charge in [-0.15, -0.1) is 0 Å². The van der Waals surface area contributed by atoms with Gasteiger partial charge in [0.1, 0.15) is 6.61 Å². The fourth-order valence-electron chi connectivity index (χ4n) is 2.37. The molecule has 1 aromatic rings. The molecule has 0 aromatic heterocycles. The molecule has 1 aliphatic carbocycles. The lowest BCUT2D eigenvalue weighted by Gasteiger charge is -2.09. The van der Waals surface area contributed by atoms with Crippen LogP contribution < -0.4 is 5.32 Å². The molecule has 0 radical (unpaired) electrons. The highest BCUT2D eigenvalue weighted by atomic mass is 16.6. The zero-order valence-electron chi connectivity index (χ0n) is 8.45. The minimum absolute atomic E-state index is 0.0448. The molecular weight excluding hydrogens is 190 g/mol. The van der Waals surface area contributed by atoms with Gasteiger partial charge in [0.25, 0.3) is 0 Å². The molecule has 78 valence electrons. The first-order chi connectivity index (χ1) is 7.33. The van der Waals surface area contributed by atoms with Crippen molar-refractivity contribution in [3.63, 3.8) is 0 Å². The summed E-state index contributed by atoms with van der Waals surface area (Å²) >= 11 is 0. The van der Waals surface area contributed by atoms with Gasteiger partial charge in [-0.05, 0) is 36.0 Å². The molecular formula is C12H13NO2. The maximum Gasteiger partial charge on any atom is 0.407 e. The molecule has 0 saturated carbocycles. The van der Waals surface area contributed by atoms with Gasteiger partial charge in [0, 0.05) is 0 Å². The van der Waals surface area contributed by atoms with Crippen LogP contribution in [0.25, 0.3) is 0 Å². The number of cyclic esters (lactones) is 1. The van der Waals surface area contributed by atoms with Crippen molar-refractivity contribution in [3.8, 4) is 0 Å². The standard InChI is InChI=1S/C12H13NO2/c14-12-13-11(7-15-12)10-5-4-8-2-1-3-9(8)6-10/h4-6,11H,1-3,7H2,(H,13,14). The maximum absolute atomic E-state index is 10.9. The Morgan fingerprint density at radius 2 is 2.13 bits per heavy atom. The Hall–Kier alpha value is -1.51. The van der Waals surface area contributed by atoms with Gasteiger partial charge in [-0.3, -0.25) is 0 Å². The number of ether oxygens (including phenoxy) is 1. The lowest BCUT2D eigenvalue weighted by atomic mass is 10.0. The zero-order chi connectivity index (χ0) is 10.3. The first-order valence-electron chi connectivity index (χ1n) is 5.38. The lowest BCUT2D eigenvalue weighted by molar-refractivity contribution is 0.177. The van der Waals surface area contributed by atoms with Crippen molar-refractivity contribution in [2.24, 2.45) is 0 Å². The van der Waals surface area contributed by atoms with Crippen molar-refractivity contribution < 1.29 is 9.53 Å². The van der Waals surface area contributed by atoms with Gasteiger partial charge < -0.3 is 10.1 Å². The number of carbonyl (C=O) groups is 1. The second-order valence-electron chi connectivity index (χ2n) is 4.18. The second-order valence-corrected chi connectivity index (χ2v) is 4.18. The Kier molecular flexibility index (Phi) is 1.91. The molecule has 2 aliphatic rings. The van der Waals surface area contributed by atoms with Crippen LogP contribution in [-0.2, 0) is 17.6 Å². The van der Waals surface area contributed by atoms with Crippen molar-refractivity contribution >= 4 is 6.09 Å². The summed E-state index contributed by atoms with van der Waals surface area (Å²) in [5.41, 5.74) is 4.07. The molecule has 1 atom stereocenters. The average Bonchev–Trinajstić information content (AvgIpc) is 2.84. The summed E-state index contributed by atoms with van der Waals surface area (Å²) in [6.07, 6.45) is 3.32. The van der Waals surface area contributed by atoms with E-state index in [1.165, 1.54) is 36.0 Å². The number of hydrogen-bond acceptors (Lipinski definition) is 2. The molecule has 1 N–H and O–H groups in total. The molecule has 1 aliphatic heterocycles. The van der Waals surface area contributed by atoms with Gasteiger partial charge in [0.2, 0.25) is 0 Å². The van der Waals surface area contributed by atoms with E-state index < -0.39 is 0 Å². The van der Waals surface area contributed by atoms with E-state index in [2.05, 4.69) is 23.5 Å². The van der Waals surface area contributed by atoms with E-state index in [4.69, 9.17) is 4.74 Å². The molecule has 1 aromatic carbocycles. The van der Waals surface area contributed by atoms with E-state index in [0.29, 0.717) is 6.61 Å². The summed E-state index contributed by atoms with van der Waals surface area (Å²) in [5.74, 6) is 0. The summed E-state index contributed by atoms with van der Waals surface area (Å²) in [4.78, 5) is 10.9. The van der Waals surface area contributed by atoms with Gasteiger partial charge in [-0.25, -0.2) is 4.79 Å². The van der Waals surface area contributed by atoms with Crippen LogP contribution in [0.2, 0.25) is 0 Å². The number of nitrogens with one attached hydrogen (secondary N) is 1. The molecule has 0 bridgehead atoms. The molecule has 1 fully saturated rings. The highest BCUT2D eigenvalue weighted by Gasteiger charge is 2.24. The Morgan fingerprint density at radius 3 is 2.93 bits per heavy atom. The number of hydrogen-bond donors (Lipinski definition) is 1. The highest BCUT2D eigenvalue weighted by molar-refractivity contribution is 5.70. The number of aryl methyl sites for hydroxylation is 2. The molecule has 3 heteroatoms. The predicted octanol–water partition coefficient (Wildman–Crippen LogP) is 1.96. The highest BCUT2D eigenvalue weighted by Crippen LogP contribution is 2.26. The molecule has 3 rings (SSSR count). The van der Waals surface area contributed by atoms with Crippen molar-refractivity contribution in [2.45, 2.75) is 25.3 Å². The van der Waals surface area contributed by atoms with Gasteiger partial charge in [0.05, 0.1) is 6.04 Å². The Balaban J connectivity index is 1.89. The molecule has 0 spiro atoms. The molecule has 1 saturated heterocycles.